The van der Waals surface area contributed by atoms with E-state index in [0.717, 1.165) is 21.0 Å². The number of anilines is 1. The van der Waals surface area contributed by atoms with E-state index in [0.29, 0.717) is 5.02 Å². The van der Waals surface area contributed by atoms with Crippen molar-refractivity contribution in [3.8, 4) is 0 Å². The number of halogens is 1. The lowest BCUT2D eigenvalue weighted by Gasteiger charge is -2.05. The van der Waals surface area contributed by atoms with E-state index in [1.807, 2.05) is 31.5 Å². The maximum absolute atomic E-state index is 5.80. The average Bonchev–Trinajstić information content (AvgIpc) is 2.41. The molecular weight excluding hydrogens is 288 g/mol. The van der Waals surface area contributed by atoms with Crippen LogP contribution in [0.2, 0.25) is 5.02 Å². The molecule has 0 amide bonds. The van der Waals surface area contributed by atoms with Crippen molar-refractivity contribution in [3.05, 3.63) is 29.4 Å². The summed E-state index contributed by atoms with van der Waals surface area (Å²) in [6.45, 7) is 0. The van der Waals surface area contributed by atoms with Gasteiger partial charge in [-0.25, -0.2) is 15.0 Å². The van der Waals surface area contributed by atoms with Crippen molar-refractivity contribution in [2.45, 2.75) is 15.2 Å². The fraction of sp³-hybridized carbons (Fsp3) is 0.182. The molecule has 7 heteroatoms. The summed E-state index contributed by atoms with van der Waals surface area (Å²) < 4.78 is 0. The van der Waals surface area contributed by atoms with Crippen molar-refractivity contribution in [2.24, 2.45) is 0 Å². The van der Waals surface area contributed by atoms with Crippen molar-refractivity contribution in [1.82, 2.24) is 15.0 Å². The molecule has 2 aromatic heterocycles. The second-order valence-corrected chi connectivity index (χ2v) is 5.50. The van der Waals surface area contributed by atoms with Crippen LogP contribution in [0.25, 0.3) is 0 Å². The quantitative estimate of drug-likeness (QED) is 0.530. The summed E-state index contributed by atoms with van der Waals surface area (Å²) in [5.41, 5.74) is 0. The Morgan fingerprint density at radius 3 is 2.67 bits per heavy atom. The molecule has 0 unspecified atom stereocenters. The SMILES string of the molecule is CNc1cc(Sc2ccc(Cl)cn2)nc(SC)n1. The van der Waals surface area contributed by atoms with Gasteiger partial charge in [-0.2, -0.15) is 0 Å². The lowest BCUT2D eigenvalue weighted by molar-refractivity contribution is 0.895. The number of nitrogens with zero attached hydrogens (tertiary/aromatic N) is 3. The molecule has 4 nitrogen and oxygen atoms in total. The number of rotatable bonds is 4. The summed E-state index contributed by atoms with van der Waals surface area (Å²) in [6, 6.07) is 5.57. The van der Waals surface area contributed by atoms with Crippen molar-refractivity contribution in [2.75, 3.05) is 18.6 Å². The highest BCUT2D eigenvalue weighted by atomic mass is 35.5. The first-order valence-electron chi connectivity index (χ1n) is 5.11. The van der Waals surface area contributed by atoms with E-state index in [1.165, 1.54) is 23.5 Å². The number of hydrogen-bond acceptors (Lipinski definition) is 6. The highest BCUT2D eigenvalue weighted by Crippen LogP contribution is 2.27. The van der Waals surface area contributed by atoms with Gasteiger partial charge in [0.25, 0.3) is 0 Å². The van der Waals surface area contributed by atoms with Gasteiger partial charge in [-0.3, -0.25) is 0 Å². The third-order valence-corrected chi connectivity index (χ3v) is 3.67. The third kappa shape index (κ3) is 3.51. The molecule has 0 spiro atoms. The number of nitrogens with one attached hydrogen (secondary N) is 1. The molecule has 2 heterocycles. The average molecular weight is 299 g/mol. The van der Waals surface area contributed by atoms with E-state index in [-0.39, 0.29) is 0 Å². The molecule has 0 aromatic carbocycles. The minimum Gasteiger partial charge on any atom is -0.373 e. The smallest absolute Gasteiger partial charge is 0.190 e. The third-order valence-electron chi connectivity index (χ3n) is 2.03. The first kappa shape index (κ1) is 13.5. The van der Waals surface area contributed by atoms with Crippen LogP contribution in [-0.4, -0.2) is 28.3 Å². The zero-order chi connectivity index (χ0) is 13.0. The van der Waals surface area contributed by atoms with E-state index < -0.39 is 0 Å². The molecule has 0 radical (unpaired) electrons. The van der Waals surface area contributed by atoms with Crippen molar-refractivity contribution in [1.29, 1.82) is 0 Å². The van der Waals surface area contributed by atoms with Crippen LogP contribution in [0.4, 0.5) is 5.82 Å². The van der Waals surface area contributed by atoms with Crippen molar-refractivity contribution < 1.29 is 0 Å². The van der Waals surface area contributed by atoms with E-state index in [9.17, 15) is 0 Å². The fourth-order valence-electron chi connectivity index (χ4n) is 1.21. The van der Waals surface area contributed by atoms with E-state index >= 15 is 0 Å². The monoisotopic (exact) mass is 298 g/mol. The second-order valence-electron chi connectivity index (χ2n) is 3.24. The summed E-state index contributed by atoms with van der Waals surface area (Å²) in [5.74, 6) is 0.797. The lowest BCUT2D eigenvalue weighted by atomic mass is 10.5. The molecule has 2 rings (SSSR count). The zero-order valence-electron chi connectivity index (χ0n) is 9.85. The van der Waals surface area contributed by atoms with Crippen LogP contribution in [0.15, 0.2) is 39.6 Å². The van der Waals surface area contributed by atoms with Gasteiger partial charge in [0, 0.05) is 19.3 Å². The normalized spacial score (nSPS) is 10.4. The van der Waals surface area contributed by atoms with Crippen LogP contribution >= 0.6 is 35.1 Å². The zero-order valence-corrected chi connectivity index (χ0v) is 12.2. The maximum Gasteiger partial charge on any atom is 0.190 e. The van der Waals surface area contributed by atoms with Gasteiger partial charge in [0.1, 0.15) is 15.9 Å². The van der Waals surface area contributed by atoms with Gasteiger partial charge < -0.3 is 5.32 Å². The summed E-state index contributed by atoms with van der Waals surface area (Å²) in [4.78, 5) is 13.0. The van der Waals surface area contributed by atoms with Crippen LogP contribution in [0.1, 0.15) is 0 Å². The van der Waals surface area contributed by atoms with E-state index in [1.54, 1.807) is 6.20 Å². The van der Waals surface area contributed by atoms with Crippen LogP contribution in [-0.2, 0) is 0 Å². The molecule has 2 aromatic rings. The molecule has 0 bridgehead atoms. The minimum absolute atomic E-state index is 0.628. The van der Waals surface area contributed by atoms with Gasteiger partial charge in [0.05, 0.1) is 5.02 Å². The fourth-order valence-corrected chi connectivity index (χ4v) is 2.51. The summed E-state index contributed by atoms with van der Waals surface area (Å²) in [6.07, 6.45) is 3.57. The highest BCUT2D eigenvalue weighted by molar-refractivity contribution is 7.99. The minimum atomic E-state index is 0.628. The predicted octanol–water partition coefficient (Wildman–Crippen LogP) is 3.44. The maximum atomic E-state index is 5.80. The van der Waals surface area contributed by atoms with Crippen LogP contribution in [0.5, 0.6) is 0 Å². The Labute approximate surface area is 119 Å². The Kier molecular flexibility index (Phi) is 4.68. The Hall–Kier alpha value is -0.980. The molecule has 0 aliphatic rings. The number of pyridine rings is 1. The van der Waals surface area contributed by atoms with E-state index in [4.69, 9.17) is 11.6 Å². The molecule has 0 fully saturated rings. The van der Waals surface area contributed by atoms with Gasteiger partial charge in [-0.05, 0) is 30.2 Å². The summed E-state index contributed by atoms with van der Waals surface area (Å²) >= 11 is 8.79. The van der Waals surface area contributed by atoms with Crippen molar-refractivity contribution in [3.63, 3.8) is 0 Å². The van der Waals surface area contributed by atoms with Gasteiger partial charge in [0.15, 0.2) is 5.16 Å². The van der Waals surface area contributed by atoms with Crippen LogP contribution in [0, 0.1) is 0 Å². The molecule has 94 valence electrons. The second kappa shape index (κ2) is 6.26. The first-order chi connectivity index (χ1) is 8.71. The Morgan fingerprint density at radius 1 is 1.22 bits per heavy atom. The molecule has 18 heavy (non-hydrogen) atoms. The highest BCUT2D eigenvalue weighted by Gasteiger charge is 2.05. The van der Waals surface area contributed by atoms with Gasteiger partial charge in [-0.15, -0.1) is 0 Å². The molecule has 0 aliphatic heterocycles. The van der Waals surface area contributed by atoms with Crippen LogP contribution < -0.4 is 5.32 Å². The Balaban J connectivity index is 2.25. The molecular formula is C11H11ClN4S2. The van der Waals surface area contributed by atoms with Crippen LogP contribution in [0.3, 0.4) is 0 Å². The number of thioether (sulfide) groups is 1. The summed E-state index contributed by atoms with van der Waals surface area (Å²) in [7, 11) is 1.83. The molecule has 0 atom stereocenters. The molecule has 1 N–H and O–H groups in total. The van der Waals surface area contributed by atoms with E-state index in [2.05, 4.69) is 20.3 Å². The largest absolute Gasteiger partial charge is 0.373 e. The lowest BCUT2D eigenvalue weighted by Crippen LogP contribution is -1.96. The Bertz CT molecular complexity index is 511. The molecule has 0 saturated heterocycles. The molecule has 0 aliphatic carbocycles. The van der Waals surface area contributed by atoms with Gasteiger partial charge in [-0.1, -0.05) is 23.4 Å². The topological polar surface area (TPSA) is 50.7 Å². The number of hydrogen-bond donors (Lipinski definition) is 1. The van der Waals surface area contributed by atoms with Gasteiger partial charge in [0.2, 0.25) is 0 Å². The molecule has 0 saturated carbocycles. The van der Waals surface area contributed by atoms with Crippen molar-refractivity contribution >= 4 is 40.9 Å². The Morgan fingerprint density at radius 2 is 2.06 bits per heavy atom. The number of aromatic nitrogens is 3. The standard InChI is InChI=1S/C11H11ClN4S2/c1-13-8-5-10(16-11(15-8)17-2)18-9-4-3-7(12)6-14-9/h3-6H,1-2H3,(H,13,15,16). The predicted molar refractivity (Wildman–Crippen MR) is 76.7 cm³/mol. The first-order valence-corrected chi connectivity index (χ1v) is 7.53. The van der Waals surface area contributed by atoms with Gasteiger partial charge >= 0.3 is 0 Å². The summed E-state index contributed by atoms with van der Waals surface area (Å²) in [5, 5.41) is 6.09.